The molecule has 0 saturated carbocycles. The molecule has 0 spiro atoms. The van der Waals surface area contributed by atoms with Gasteiger partial charge in [0, 0.05) is 37.3 Å². The van der Waals surface area contributed by atoms with Crippen LogP contribution in [0.1, 0.15) is 10.5 Å². The molecule has 2 heterocycles. The first-order chi connectivity index (χ1) is 9.65. The predicted molar refractivity (Wildman–Crippen MR) is 78.4 cm³/mol. The summed E-state index contributed by atoms with van der Waals surface area (Å²) in [5.74, 6) is -0.980. The number of carbonyl (C=O) groups is 1. The molecule has 0 unspecified atom stereocenters. The van der Waals surface area contributed by atoms with Crippen LogP contribution in [-0.2, 0) is 0 Å². The molecule has 5 heteroatoms. The summed E-state index contributed by atoms with van der Waals surface area (Å²) in [6.07, 6.45) is 0. The first kappa shape index (κ1) is 12.9. The lowest BCUT2D eigenvalue weighted by atomic mass is 10.1. The molecule has 0 bridgehead atoms. The van der Waals surface area contributed by atoms with Gasteiger partial charge >= 0.3 is 5.97 Å². The molecule has 1 aromatic carbocycles. The highest BCUT2D eigenvalue weighted by Gasteiger charge is 2.19. The molecule has 1 saturated heterocycles. The number of carboxylic acids is 1. The molecular formula is C15H17N3O2. The highest BCUT2D eigenvalue weighted by Crippen LogP contribution is 2.27. The number of benzene rings is 1. The molecule has 2 aromatic rings. The standard InChI is InChI=1S/C15H17N3O2/c1-17-6-8-18(9-7-17)14-10-13(15(19)20)16-12-5-3-2-4-11(12)14/h2-5,10H,6-9H2,1H3,(H,19,20). The topological polar surface area (TPSA) is 56.7 Å². The molecule has 3 rings (SSSR count). The number of piperazine rings is 1. The van der Waals surface area contributed by atoms with E-state index in [1.807, 2.05) is 24.3 Å². The molecule has 1 aromatic heterocycles. The highest BCUT2D eigenvalue weighted by molar-refractivity contribution is 5.97. The van der Waals surface area contributed by atoms with Crippen LogP contribution in [0.15, 0.2) is 30.3 Å². The summed E-state index contributed by atoms with van der Waals surface area (Å²) in [5.41, 5.74) is 1.82. The van der Waals surface area contributed by atoms with Crippen molar-refractivity contribution in [3.8, 4) is 0 Å². The number of aromatic carboxylic acids is 1. The van der Waals surface area contributed by atoms with Crippen LogP contribution in [0.2, 0.25) is 0 Å². The maximum Gasteiger partial charge on any atom is 0.354 e. The van der Waals surface area contributed by atoms with Gasteiger partial charge in [-0.2, -0.15) is 0 Å². The highest BCUT2D eigenvalue weighted by atomic mass is 16.4. The molecule has 0 radical (unpaired) electrons. The summed E-state index contributed by atoms with van der Waals surface area (Å²) in [6.45, 7) is 3.78. The minimum Gasteiger partial charge on any atom is -0.477 e. The summed E-state index contributed by atoms with van der Waals surface area (Å²) in [7, 11) is 2.10. The van der Waals surface area contributed by atoms with E-state index in [1.165, 1.54) is 0 Å². The average Bonchev–Trinajstić information content (AvgIpc) is 2.47. The first-order valence-corrected chi connectivity index (χ1v) is 6.72. The Hall–Kier alpha value is -2.14. The Morgan fingerprint density at radius 1 is 1.20 bits per heavy atom. The largest absolute Gasteiger partial charge is 0.477 e. The number of anilines is 1. The zero-order chi connectivity index (χ0) is 14.1. The van der Waals surface area contributed by atoms with Gasteiger partial charge in [0.1, 0.15) is 0 Å². The Labute approximate surface area is 117 Å². The van der Waals surface area contributed by atoms with Crippen molar-refractivity contribution in [3.63, 3.8) is 0 Å². The second-order valence-electron chi connectivity index (χ2n) is 5.14. The number of hydrogen-bond acceptors (Lipinski definition) is 4. The van der Waals surface area contributed by atoms with E-state index in [-0.39, 0.29) is 5.69 Å². The van der Waals surface area contributed by atoms with Gasteiger partial charge in [-0.05, 0) is 19.2 Å². The zero-order valence-electron chi connectivity index (χ0n) is 11.4. The number of carboxylic acid groups (broad SMARTS) is 1. The molecule has 0 aliphatic carbocycles. The van der Waals surface area contributed by atoms with Gasteiger partial charge in [0.2, 0.25) is 0 Å². The van der Waals surface area contributed by atoms with E-state index in [2.05, 4.69) is 21.8 Å². The SMILES string of the molecule is CN1CCN(c2cc(C(=O)O)nc3ccccc23)CC1. The minimum atomic E-state index is -0.980. The molecule has 20 heavy (non-hydrogen) atoms. The summed E-state index contributed by atoms with van der Waals surface area (Å²) < 4.78 is 0. The summed E-state index contributed by atoms with van der Waals surface area (Å²) in [6, 6.07) is 9.40. The maximum atomic E-state index is 11.2. The van der Waals surface area contributed by atoms with Gasteiger partial charge in [0.05, 0.1) is 5.52 Å². The molecule has 0 amide bonds. The number of hydrogen-bond donors (Lipinski definition) is 1. The van der Waals surface area contributed by atoms with E-state index >= 15 is 0 Å². The monoisotopic (exact) mass is 271 g/mol. The first-order valence-electron chi connectivity index (χ1n) is 6.72. The van der Waals surface area contributed by atoms with Crippen LogP contribution in [0.3, 0.4) is 0 Å². The molecule has 1 fully saturated rings. The molecule has 0 atom stereocenters. The fourth-order valence-electron chi connectivity index (χ4n) is 2.58. The second kappa shape index (κ2) is 5.09. The van der Waals surface area contributed by atoms with Crippen molar-refractivity contribution in [2.24, 2.45) is 0 Å². The van der Waals surface area contributed by atoms with E-state index in [4.69, 9.17) is 0 Å². The van der Waals surface area contributed by atoms with Crippen molar-refractivity contribution >= 4 is 22.6 Å². The van der Waals surface area contributed by atoms with Crippen LogP contribution < -0.4 is 4.90 Å². The fourth-order valence-corrected chi connectivity index (χ4v) is 2.58. The van der Waals surface area contributed by atoms with Crippen molar-refractivity contribution in [2.75, 3.05) is 38.1 Å². The van der Waals surface area contributed by atoms with E-state index in [1.54, 1.807) is 6.07 Å². The number of fused-ring (bicyclic) bond motifs is 1. The van der Waals surface area contributed by atoms with Crippen LogP contribution in [0.5, 0.6) is 0 Å². The molecular weight excluding hydrogens is 254 g/mol. The van der Waals surface area contributed by atoms with Gasteiger partial charge in [-0.15, -0.1) is 0 Å². The summed E-state index contributed by atoms with van der Waals surface area (Å²) in [5, 5.41) is 10.2. The quantitative estimate of drug-likeness (QED) is 0.900. The zero-order valence-corrected chi connectivity index (χ0v) is 11.4. The van der Waals surface area contributed by atoms with E-state index in [9.17, 15) is 9.90 Å². The van der Waals surface area contributed by atoms with Gasteiger partial charge < -0.3 is 14.9 Å². The molecule has 1 N–H and O–H groups in total. The van der Waals surface area contributed by atoms with Gasteiger partial charge in [0.15, 0.2) is 5.69 Å². The van der Waals surface area contributed by atoms with E-state index < -0.39 is 5.97 Å². The Balaban J connectivity index is 2.10. The van der Waals surface area contributed by atoms with Crippen molar-refractivity contribution in [2.45, 2.75) is 0 Å². The Morgan fingerprint density at radius 3 is 2.60 bits per heavy atom. The minimum absolute atomic E-state index is 0.109. The predicted octanol–water partition coefficient (Wildman–Crippen LogP) is 1.68. The molecule has 104 valence electrons. The van der Waals surface area contributed by atoms with Gasteiger partial charge in [-0.1, -0.05) is 18.2 Å². The third kappa shape index (κ3) is 2.32. The van der Waals surface area contributed by atoms with Crippen LogP contribution >= 0.6 is 0 Å². The average molecular weight is 271 g/mol. The summed E-state index contributed by atoms with van der Waals surface area (Å²) >= 11 is 0. The smallest absolute Gasteiger partial charge is 0.354 e. The van der Waals surface area contributed by atoms with Gasteiger partial charge in [0.25, 0.3) is 0 Å². The van der Waals surface area contributed by atoms with Crippen LogP contribution in [0, 0.1) is 0 Å². The second-order valence-corrected chi connectivity index (χ2v) is 5.14. The van der Waals surface area contributed by atoms with Gasteiger partial charge in [-0.3, -0.25) is 0 Å². The molecule has 1 aliphatic heterocycles. The lowest BCUT2D eigenvalue weighted by Crippen LogP contribution is -2.44. The lowest BCUT2D eigenvalue weighted by molar-refractivity contribution is 0.0691. The van der Waals surface area contributed by atoms with Crippen LogP contribution in [0.25, 0.3) is 10.9 Å². The van der Waals surface area contributed by atoms with Crippen LogP contribution in [-0.4, -0.2) is 54.2 Å². The number of nitrogens with zero attached hydrogens (tertiary/aromatic N) is 3. The number of rotatable bonds is 2. The summed E-state index contributed by atoms with van der Waals surface area (Å²) in [4.78, 5) is 20.0. The van der Waals surface area contributed by atoms with Crippen molar-refractivity contribution < 1.29 is 9.90 Å². The van der Waals surface area contributed by atoms with Crippen molar-refractivity contribution in [1.82, 2.24) is 9.88 Å². The van der Waals surface area contributed by atoms with E-state index in [0.29, 0.717) is 0 Å². The van der Waals surface area contributed by atoms with E-state index in [0.717, 1.165) is 42.8 Å². The Kier molecular flexibility index (Phi) is 3.28. The third-order valence-corrected chi connectivity index (χ3v) is 3.76. The maximum absolute atomic E-state index is 11.2. The normalized spacial score (nSPS) is 16.6. The Bertz CT molecular complexity index is 649. The van der Waals surface area contributed by atoms with Crippen LogP contribution in [0.4, 0.5) is 5.69 Å². The number of aromatic nitrogens is 1. The Morgan fingerprint density at radius 2 is 1.90 bits per heavy atom. The molecule has 5 nitrogen and oxygen atoms in total. The fraction of sp³-hybridized carbons (Fsp3) is 0.333. The number of para-hydroxylation sites is 1. The van der Waals surface area contributed by atoms with Crippen molar-refractivity contribution in [3.05, 3.63) is 36.0 Å². The number of pyridine rings is 1. The van der Waals surface area contributed by atoms with Crippen molar-refractivity contribution in [1.29, 1.82) is 0 Å². The molecule has 1 aliphatic rings. The lowest BCUT2D eigenvalue weighted by Gasteiger charge is -2.34. The van der Waals surface area contributed by atoms with Gasteiger partial charge in [-0.25, -0.2) is 9.78 Å². The number of likely N-dealkylation sites (N-methyl/N-ethyl adjacent to an activating group) is 1. The third-order valence-electron chi connectivity index (χ3n) is 3.76.